The molecule has 1 aliphatic rings. The molecular weight excluding hydrogens is 358 g/mol. The fraction of sp³-hybridized carbons (Fsp3) is 0.429. The molecule has 0 unspecified atom stereocenters. The van der Waals surface area contributed by atoms with Crippen molar-refractivity contribution in [3.05, 3.63) is 41.1 Å². The van der Waals surface area contributed by atoms with Gasteiger partial charge in [-0.05, 0) is 42.2 Å². The maximum atomic E-state index is 12.9. The number of carbonyl (C=O) groups is 3. The van der Waals surface area contributed by atoms with Crippen LogP contribution in [0.15, 0.2) is 24.3 Å². The van der Waals surface area contributed by atoms with Gasteiger partial charge < -0.3 is 10.5 Å². The van der Waals surface area contributed by atoms with Crippen molar-refractivity contribution >= 4 is 28.8 Å². The van der Waals surface area contributed by atoms with E-state index in [0.717, 1.165) is 36.0 Å². The predicted octanol–water partition coefficient (Wildman–Crippen LogP) is 2.74. The molecule has 0 spiro atoms. The van der Waals surface area contributed by atoms with Crippen LogP contribution in [0.4, 0.5) is 4.79 Å². The van der Waals surface area contributed by atoms with Gasteiger partial charge in [-0.15, -0.1) is 0 Å². The quantitative estimate of drug-likeness (QED) is 0.792. The summed E-state index contributed by atoms with van der Waals surface area (Å²) >= 11 is 0. The monoisotopic (exact) mass is 383 g/mol. The topological polar surface area (TPSA) is 111 Å². The lowest BCUT2D eigenvalue weighted by atomic mass is 9.70. The number of ether oxygens (including phenoxy) is 1. The molecule has 1 aromatic carbocycles. The Hall–Kier alpha value is -2.96. The van der Waals surface area contributed by atoms with Gasteiger partial charge in [0.15, 0.2) is 6.61 Å². The fourth-order valence-electron chi connectivity index (χ4n) is 3.74. The molecule has 148 valence electrons. The molecule has 3 amide bonds. The van der Waals surface area contributed by atoms with Crippen LogP contribution in [0.3, 0.4) is 0 Å². The highest BCUT2D eigenvalue weighted by molar-refractivity contribution is 6.06. The molecule has 0 bridgehead atoms. The number of aryl methyl sites for hydroxylation is 1. The molecule has 1 aliphatic carbocycles. The van der Waals surface area contributed by atoms with Crippen LogP contribution < -0.4 is 11.1 Å². The highest BCUT2D eigenvalue weighted by atomic mass is 16.5. The number of primary amides is 1. The maximum absolute atomic E-state index is 12.9. The standard InChI is InChI=1S/C21H25N3O4/c1-21(2,3)12-8-9-16-14(10-12)18(13-6-4-5-7-15(13)23-16)19(26)28-11-17(25)24-20(22)27/h4-7,12H,8-11H2,1-3H3,(H3,22,24,25,27)/t12-/m1/s1. The smallest absolute Gasteiger partial charge is 0.339 e. The van der Waals surface area contributed by atoms with Gasteiger partial charge in [-0.1, -0.05) is 39.0 Å². The van der Waals surface area contributed by atoms with E-state index in [-0.39, 0.29) is 5.41 Å². The molecule has 1 heterocycles. The number of aromatic nitrogens is 1. The van der Waals surface area contributed by atoms with Crippen molar-refractivity contribution in [2.75, 3.05) is 6.61 Å². The number of hydrogen-bond acceptors (Lipinski definition) is 5. The summed E-state index contributed by atoms with van der Waals surface area (Å²) in [6, 6.07) is 6.43. The molecule has 28 heavy (non-hydrogen) atoms. The molecule has 2 aromatic rings. The first-order chi connectivity index (χ1) is 13.2. The summed E-state index contributed by atoms with van der Waals surface area (Å²) in [5.74, 6) is -0.947. The van der Waals surface area contributed by atoms with Gasteiger partial charge in [0.25, 0.3) is 5.91 Å². The number of benzene rings is 1. The fourth-order valence-corrected chi connectivity index (χ4v) is 3.74. The first-order valence-corrected chi connectivity index (χ1v) is 9.33. The number of hydrogen-bond donors (Lipinski definition) is 2. The third-order valence-electron chi connectivity index (χ3n) is 5.28. The van der Waals surface area contributed by atoms with Gasteiger partial charge in [-0.2, -0.15) is 0 Å². The van der Waals surface area contributed by atoms with Crippen LogP contribution in [-0.4, -0.2) is 29.5 Å². The number of pyridine rings is 1. The molecule has 0 fully saturated rings. The third kappa shape index (κ3) is 4.13. The summed E-state index contributed by atoms with van der Waals surface area (Å²) in [6.07, 6.45) is 2.54. The summed E-state index contributed by atoms with van der Waals surface area (Å²) < 4.78 is 5.20. The predicted molar refractivity (Wildman–Crippen MR) is 105 cm³/mol. The lowest BCUT2D eigenvalue weighted by Gasteiger charge is -2.35. The Labute approximate surface area is 163 Å². The average molecular weight is 383 g/mol. The zero-order chi connectivity index (χ0) is 20.5. The van der Waals surface area contributed by atoms with Crippen molar-refractivity contribution in [1.82, 2.24) is 10.3 Å². The summed E-state index contributed by atoms with van der Waals surface area (Å²) in [5, 5.41) is 2.59. The minimum Gasteiger partial charge on any atom is -0.452 e. The van der Waals surface area contributed by atoms with E-state index >= 15 is 0 Å². The number of carbonyl (C=O) groups excluding carboxylic acids is 3. The summed E-state index contributed by atoms with van der Waals surface area (Å²) in [7, 11) is 0. The Morgan fingerprint density at radius 3 is 2.64 bits per heavy atom. The zero-order valence-electron chi connectivity index (χ0n) is 16.4. The molecular formula is C21H25N3O4. The van der Waals surface area contributed by atoms with Crippen LogP contribution in [0, 0.1) is 11.3 Å². The largest absolute Gasteiger partial charge is 0.452 e. The van der Waals surface area contributed by atoms with E-state index in [1.807, 2.05) is 29.6 Å². The van der Waals surface area contributed by atoms with Crippen LogP contribution in [-0.2, 0) is 22.4 Å². The maximum Gasteiger partial charge on any atom is 0.339 e. The Balaban J connectivity index is 1.99. The number of nitrogens with one attached hydrogen (secondary N) is 1. The molecule has 7 heteroatoms. The molecule has 1 atom stereocenters. The number of imide groups is 1. The Bertz CT molecular complexity index is 947. The van der Waals surface area contributed by atoms with Gasteiger partial charge in [0.2, 0.25) is 0 Å². The molecule has 0 saturated carbocycles. The Kier molecular flexibility index (Phi) is 5.36. The van der Waals surface area contributed by atoms with E-state index in [4.69, 9.17) is 15.5 Å². The van der Waals surface area contributed by atoms with E-state index in [0.29, 0.717) is 16.9 Å². The van der Waals surface area contributed by atoms with Crippen molar-refractivity contribution in [2.45, 2.75) is 40.0 Å². The van der Waals surface area contributed by atoms with E-state index < -0.39 is 24.5 Å². The van der Waals surface area contributed by atoms with E-state index in [1.54, 1.807) is 0 Å². The number of nitrogens with two attached hydrogens (primary N) is 1. The van der Waals surface area contributed by atoms with Crippen LogP contribution in [0.25, 0.3) is 10.9 Å². The second-order valence-corrected chi connectivity index (χ2v) is 8.22. The molecule has 3 N–H and O–H groups in total. The number of para-hydroxylation sites is 1. The van der Waals surface area contributed by atoms with E-state index in [1.165, 1.54) is 0 Å². The normalized spacial score (nSPS) is 16.3. The highest BCUT2D eigenvalue weighted by Crippen LogP contribution is 2.39. The van der Waals surface area contributed by atoms with E-state index in [2.05, 4.69) is 20.8 Å². The van der Waals surface area contributed by atoms with Crippen molar-refractivity contribution in [3.63, 3.8) is 0 Å². The van der Waals surface area contributed by atoms with Gasteiger partial charge in [0.1, 0.15) is 0 Å². The number of urea groups is 1. The second-order valence-electron chi connectivity index (χ2n) is 8.22. The first-order valence-electron chi connectivity index (χ1n) is 9.33. The molecule has 0 aliphatic heterocycles. The Morgan fingerprint density at radius 2 is 1.96 bits per heavy atom. The molecule has 1 aromatic heterocycles. The van der Waals surface area contributed by atoms with Gasteiger partial charge in [0, 0.05) is 11.1 Å². The number of rotatable bonds is 3. The zero-order valence-corrected chi connectivity index (χ0v) is 16.4. The van der Waals surface area contributed by atoms with Crippen molar-refractivity contribution in [2.24, 2.45) is 17.1 Å². The summed E-state index contributed by atoms with van der Waals surface area (Å²) in [5.41, 5.74) is 8.01. The number of amides is 3. The van der Waals surface area contributed by atoms with Crippen molar-refractivity contribution < 1.29 is 19.1 Å². The third-order valence-corrected chi connectivity index (χ3v) is 5.28. The van der Waals surface area contributed by atoms with Gasteiger partial charge in [-0.25, -0.2) is 9.59 Å². The number of esters is 1. The number of fused-ring (bicyclic) bond motifs is 2. The average Bonchev–Trinajstić information content (AvgIpc) is 2.62. The lowest BCUT2D eigenvalue weighted by molar-refractivity contribution is -0.123. The van der Waals surface area contributed by atoms with Crippen molar-refractivity contribution in [1.29, 1.82) is 0 Å². The first kappa shape index (κ1) is 19.8. The second kappa shape index (κ2) is 7.58. The molecule has 0 radical (unpaired) electrons. The van der Waals surface area contributed by atoms with E-state index in [9.17, 15) is 14.4 Å². The highest BCUT2D eigenvalue weighted by Gasteiger charge is 2.33. The minimum atomic E-state index is -0.985. The van der Waals surface area contributed by atoms with Gasteiger partial charge in [-0.3, -0.25) is 15.1 Å². The molecule has 3 rings (SSSR count). The number of nitrogens with zero attached hydrogens (tertiary/aromatic N) is 1. The van der Waals surface area contributed by atoms with Gasteiger partial charge >= 0.3 is 12.0 Å². The van der Waals surface area contributed by atoms with Crippen molar-refractivity contribution in [3.8, 4) is 0 Å². The Morgan fingerprint density at radius 1 is 1.25 bits per heavy atom. The summed E-state index contributed by atoms with van der Waals surface area (Å²) in [4.78, 5) is 40.1. The van der Waals surface area contributed by atoms with Crippen LogP contribution >= 0.6 is 0 Å². The van der Waals surface area contributed by atoms with Gasteiger partial charge in [0.05, 0.1) is 11.1 Å². The molecule has 7 nitrogen and oxygen atoms in total. The van der Waals surface area contributed by atoms with Crippen LogP contribution in [0.1, 0.15) is 48.8 Å². The SMILES string of the molecule is CC(C)(C)[C@@H]1CCc2nc3ccccc3c(C(=O)OCC(=O)NC(N)=O)c2C1. The summed E-state index contributed by atoms with van der Waals surface area (Å²) in [6.45, 7) is 6.02. The van der Waals surface area contributed by atoms with Crippen LogP contribution in [0.5, 0.6) is 0 Å². The lowest BCUT2D eigenvalue weighted by Crippen LogP contribution is -2.38. The van der Waals surface area contributed by atoms with Crippen LogP contribution in [0.2, 0.25) is 0 Å². The minimum absolute atomic E-state index is 0.103. The molecule has 0 saturated heterocycles.